The van der Waals surface area contributed by atoms with E-state index in [4.69, 9.17) is 0 Å². The van der Waals surface area contributed by atoms with E-state index in [1.807, 2.05) is 0 Å². The molecule has 0 amide bonds. The number of rotatable bonds is 4. The van der Waals surface area contributed by atoms with Crippen molar-refractivity contribution >= 4 is 0 Å². The van der Waals surface area contributed by atoms with Crippen LogP contribution in [0, 0.1) is 6.92 Å². The van der Waals surface area contributed by atoms with Crippen molar-refractivity contribution in [3.05, 3.63) is 34.4 Å². The first kappa shape index (κ1) is 21.3. The lowest BCUT2D eigenvalue weighted by atomic mass is 9.82. The molecule has 0 saturated heterocycles. The Morgan fingerprint density at radius 1 is 0.963 bits per heavy atom. The zero-order valence-electron chi connectivity index (χ0n) is 15.9. The average molecular weight is 396 g/mol. The number of aromatic nitrogens is 4. The van der Waals surface area contributed by atoms with Crippen molar-refractivity contribution in [2.75, 3.05) is 0 Å². The third kappa shape index (κ3) is 4.14. The smallest absolute Gasteiger partial charge is 0.272 e. The molecule has 0 radical (unpaired) electrons. The van der Waals surface area contributed by atoms with Crippen LogP contribution in [0.5, 0.6) is 0 Å². The highest BCUT2D eigenvalue weighted by Crippen LogP contribution is 2.40. The van der Waals surface area contributed by atoms with E-state index in [1.165, 1.54) is 34.0 Å². The molecule has 4 nitrogen and oxygen atoms in total. The minimum atomic E-state index is -4.66. The van der Waals surface area contributed by atoms with Gasteiger partial charge in [-0.05, 0) is 12.8 Å². The SMILES string of the molecule is Cc1c(C(C)(C)Cn2cc(C(C)C)c(C(F)(F)F)n2)c(C(F)(F)F)nn1C. The van der Waals surface area contributed by atoms with Gasteiger partial charge in [-0.25, -0.2) is 0 Å². The van der Waals surface area contributed by atoms with Gasteiger partial charge in [0.05, 0.1) is 6.54 Å². The average Bonchev–Trinajstić information content (AvgIpc) is 3.00. The summed E-state index contributed by atoms with van der Waals surface area (Å²) in [6, 6.07) is 0. The molecule has 2 heterocycles. The van der Waals surface area contributed by atoms with Crippen LogP contribution >= 0.6 is 0 Å². The van der Waals surface area contributed by atoms with Crippen molar-refractivity contribution in [3.63, 3.8) is 0 Å². The summed E-state index contributed by atoms with van der Waals surface area (Å²) in [5.74, 6) is -0.427. The Morgan fingerprint density at radius 2 is 1.48 bits per heavy atom. The van der Waals surface area contributed by atoms with Gasteiger partial charge in [0.25, 0.3) is 0 Å². The fourth-order valence-electron chi connectivity index (χ4n) is 3.26. The van der Waals surface area contributed by atoms with Crippen LogP contribution in [-0.2, 0) is 31.4 Å². The van der Waals surface area contributed by atoms with Gasteiger partial charge in [0.15, 0.2) is 11.4 Å². The van der Waals surface area contributed by atoms with E-state index >= 15 is 0 Å². The predicted molar refractivity (Wildman–Crippen MR) is 87.3 cm³/mol. The van der Waals surface area contributed by atoms with E-state index in [9.17, 15) is 26.3 Å². The summed E-state index contributed by atoms with van der Waals surface area (Å²) >= 11 is 0. The van der Waals surface area contributed by atoms with Gasteiger partial charge in [-0.3, -0.25) is 9.36 Å². The van der Waals surface area contributed by atoms with Gasteiger partial charge >= 0.3 is 12.4 Å². The van der Waals surface area contributed by atoms with Crippen LogP contribution in [0.3, 0.4) is 0 Å². The van der Waals surface area contributed by atoms with Crippen LogP contribution in [-0.4, -0.2) is 19.6 Å². The van der Waals surface area contributed by atoms with E-state index in [0.29, 0.717) is 5.69 Å². The van der Waals surface area contributed by atoms with Crippen molar-refractivity contribution in [1.29, 1.82) is 0 Å². The Bertz CT molecular complexity index is 824. The van der Waals surface area contributed by atoms with E-state index in [1.54, 1.807) is 13.8 Å². The molecule has 0 aliphatic rings. The Morgan fingerprint density at radius 3 is 1.89 bits per heavy atom. The van der Waals surface area contributed by atoms with Crippen molar-refractivity contribution in [1.82, 2.24) is 19.6 Å². The van der Waals surface area contributed by atoms with Gasteiger partial charge in [0, 0.05) is 35.5 Å². The maximum absolute atomic E-state index is 13.4. The zero-order valence-corrected chi connectivity index (χ0v) is 15.9. The molecular formula is C17H22F6N4. The Hall–Kier alpha value is -2.00. The lowest BCUT2D eigenvalue weighted by Crippen LogP contribution is -2.28. The highest BCUT2D eigenvalue weighted by molar-refractivity contribution is 5.35. The molecule has 0 aliphatic carbocycles. The molecule has 152 valence electrons. The minimum Gasteiger partial charge on any atom is -0.272 e. The van der Waals surface area contributed by atoms with Gasteiger partial charge in [-0.15, -0.1) is 0 Å². The lowest BCUT2D eigenvalue weighted by molar-refractivity contribution is -0.142. The molecule has 2 aromatic heterocycles. The lowest BCUT2D eigenvalue weighted by Gasteiger charge is -2.26. The number of aryl methyl sites for hydroxylation is 1. The first-order chi connectivity index (χ1) is 12.1. The second-order valence-electron chi connectivity index (χ2n) is 7.60. The fraction of sp³-hybridized carbons (Fsp3) is 0.647. The van der Waals surface area contributed by atoms with E-state index in [-0.39, 0.29) is 17.7 Å². The van der Waals surface area contributed by atoms with Crippen LogP contribution < -0.4 is 0 Å². The molecule has 10 heteroatoms. The molecule has 0 atom stereocenters. The van der Waals surface area contributed by atoms with Crippen LogP contribution in [0.1, 0.15) is 61.8 Å². The summed E-state index contributed by atoms with van der Waals surface area (Å²) in [6.45, 7) is 7.64. The maximum Gasteiger partial charge on any atom is 0.435 e. The standard InChI is InChI=1S/C17H22F6N4/c1-9(2)11-7-27(25-13(11)16(18,19)20)8-15(4,5)12-10(3)26(6)24-14(12)17(21,22)23/h7,9H,8H2,1-6H3. The Balaban J connectivity index is 2.52. The van der Waals surface area contributed by atoms with Gasteiger partial charge in [-0.1, -0.05) is 27.7 Å². The zero-order chi connectivity index (χ0) is 20.9. The first-order valence-corrected chi connectivity index (χ1v) is 8.31. The summed E-state index contributed by atoms with van der Waals surface area (Å²) in [7, 11) is 1.40. The quantitative estimate of drug-likeness (QED) is 0.677. The van der Waals surface area contributed by atoms with Crippen LogP contribution in [0.15, 0.2) is 6.20 Å². The normalized spacial score (nSPS) is 13.7. The number of alkyl halides is 6. The third-order valence-corrected chi connectivity index (χ3v) is 4.52. The second-order valence-corrected chi connectivity index (χ2v) is 7.60. The second kappa shape index (κ2) is 6.56. The highest BCUT2D eigenvalue weighted by atomic mass is 19.4. The van der Waals surface area contributed by atoms with Crippen LogP contribution in [0.4, 0.5) is 26.3 Å². The molecule has 2 aromatic rings. The molecule has 0 unspecified atom stereocenters. The third-order valence-electron chi connectivity index (χ3n) is 4.52. The van der Waals surface area contributed by atoms with Crippen LogP contribution in [0.25, 0.3) is 0 Å². The predicted octanol–water partition coefficient (Wildman–Crippen LogP) is 5.06. The van der Waals surface area contributed by atoms with E-state index in [2.05, 4.69) is 10.2 Å². The molecule has 0 spiro atoms. The summed E-state index contributed by atoms with van der Waals surface area (Å²) in [5, 5.41) is 7.19. The van der Waals surface area contributed by atoms with Gasteiger partial charge < -0.3 is 0 Å². The Kier molecular flexibility index (Phi) is 5.17. The molecule has 2 rings (SSSR count). The maximum atomic E-state index is 13.4. The van der Waals surface area contributed by atoms with E-state index < -0.39 is 35.1 Å². The monoisotopic (exact) mass is 396 g/mol. The minimum absolute atomic E-state index is 0.0113. The molecule has 27 heavy (non-hydrogen) atoms. The van der Waals surface area contributed by atoms with Crippen molar-refractivity contribution in [3.8, 4) is 0 Å². The molecule has 0 N–H and O–H groups in total. The number of nitrogens with zero attached hydrogens (tertiary/aromatic N) is 4. The first-order valence-electron chi connectivity index (χ1n) is 8.31. The van der Waals surface area contributed by atoms with Gasteiger partial charge in [0.2, 0.25) is 0 Å². The van der Waals surface area contributed by atoms with Gasteiger partial charge in [0.1, 0.15) is 0 Å². The molecule has 0 fully saturated rings. The number of hydrogen-bond donors (Lipinski definition) is 0. The molecule has 0 saturated carbocycles. The largest absolute Gasteiger partial charge is 0.435 e. The van der Waals surface area contributed by atoms with Crippen molar-refractivity contribution < 1.29 is 26.3 Å². The van der Waals surface area contributed by atoms with Crippen LogP contribution in [0.2, 0.25) is 0 Å². The number of halogens is 6. The molecule has 0 bridgehead atoms. The molecule has 0 aromatic carbocycles. The van der Waals surface area contributed by atoms with E-state index in [0.717, 1.165) is 9.36 Å². The summed E-state index contributed by atoms with van der Waals surface area (Å²) in [4.78, 5) is 0. The highest BCUT2D eigenvalue weighted by Gasteiger charge is 2.43. The fourth-order valence-corrected chi connectivity index (χ4v) is 3.26. The summed E-state index contributed by atoms with van der Waals surface area (Å²) in [6.07, 6.45) is -8.03. The van der Waals surface area contributed by atoms with Crippen molar-refractivity contribution in [2.24, 2.45) is 7.05 Å². The van der Waals surface area contributed by atoms with Crippen molar-refractivity contribution in [2.45, 2.75) is 64.8 Å². The summed E-state index contributed by atoms with van der Waals surface area (Å²) in [5.41, 5.74) is -2.91. The van der Waals surface area contributed by atoms with Gasteiger partial charge in [-0.2, -0.15) is 36.5 Å². The Labute approximate surface area is 153 Å². The topological polar surface area (TPSA) is 35.6 Å². The summed E-state index contributed by atoms with van der Waals surface area (Å²) < 4.78 is 82.1. The number of hydrogen-bond acceptors (Lipinski definition) is 2. The molecule has 0 aliphatic heterocycles. The molecular weight excluding hydrogens is 374 g/mol.